The minimum absolute atomic E-state index is 0.202. The number of aliphatic hydroxyl groups excluding tert-OH is 1. The predicted molar refractivity (Wildman–Crippen MR) is 79.7 cm³/mol. The molecule has 5 nitrogen and oxygen atoms in total. The number of aliphatic hydroxyl groups is 1. The van der Waals surface area contributed by atoms with E-state index >= 15 is 0 Å². The standard InChI is InChI=1S/C14H26N4O/c1-11(2)6-7-15-13-10-14(17-12(3)16-13)18(4)8-5-9-19/h10-11,19H,5-9H2,1-4H3,(H,15,16,17). The number of rotatable bonds is 8. The number of aromatic nitrogens is 2. The summed E-state index contributed by atoms with van der Waals surface area (Å²) in [7, 11) is 1.98. The van der Waals surface area contributed by atoms with Gasteiger partial charge in [0.2, 0.25) is 0 Å². The van der Waals surface area contributed by atoms with Crippen LogP contribution in [-0.2, 0) is 0 Å². The molecule has 0 aromatic carbocycles. The van der Waals surface area contributed by atoms with Crippen molar-refractivity contribution in [2.24, 2.45) is 5.92 Å². The number of hydrogen-bond donors (Lipinski definition) is 2. The van der Waals surface area contributed by atoms with E-state index in [1.54, 1.807) is 0 Å². The van der Waals surface area contributed by atoms with Crippen LogP contribution < -0.4 is 10.2 Å². The van der Waals surface area contributed by atoms with Crippen molar-refractivity contribution in [3.63, 3.8) is 0 Å². The Bertz CT molecular complexity index is 382. The molecule has 0 unspecified atom stereocenters. The van der Waals surface area contributed by atoms with Gasteiger partial charge in [-0.2, -0.15) is 0 Å². The van der Waals surface area contributed by atoms with Gasteiger partial charge >= 0.3 is 0 Å². The Labute approximate surface area is 116 Å². The second-order valence-electron chi connectivity index (χ2n) is 5.27. The van der Waals surface area contributed by atoms with Gasteiger partial charge in [-0.15, -0.1) is 0 Å². The highest BCUT2D eigenvalue weighted by atomic mass is 16.3. The lowest BCUT2D eigenvalue weighted by Crippen LogP contribution is -2.21. The van der Waals surface area contributed by atoms with Crippen molar-refractivity contribution < 1.29 is 5.11 Å². The molecule has 0 radical (unpaired) electrons. The minimum atomic E-state index is 0.202. The van der Waals surface area contributed by atoms with Crippen LogP contribution in [-0.4, -0.2) is 41.8 Å². The van der Waals surface area contributed by atoms with E-state index in [0.717, 1.165) is 43.4 Å². The average Bonchev–Trinajstić information content (AvgIpc) is 2.34. The van der Waals surface area contributed by atoms with Crippen molar-refractivity contribution in [2.75, 3.05) is 37.0 Å². The molecule has 1 aromatic heterocycles. The fourth-order valence-electron chi connectivity index (χ4n) is 1.75. The molecule has 0 amide bonds. The Morgan fingerprint density at radius 2 is 2.11 bits per heavy atom. The van der Waals surface area contributed by atoms with E-state index in [2.05, 4.69) is 29.1 Å². The molecule has 19 heavy (non-hydrogen) atoms. The van der Waals surface area contributed by atoms with E-state index in [9.17, 15) is 0 Å². The first-order valence-electron chi connectivity index (χ1n) is 6.94. The summed E-state index contributed by atoms with van der Waals surface area (Å²) in [6, 6.07) is 1.96. The van der Waals surface area contributed by atoms with Gasteiger partial charge in [0.1, 0.15) is 17.5 Å². The summed E-state index contributed by atoms with van der Waals surface area (Å²) in [5, 5.41) is 12.2. The van der Waals surface area contributed by atoms with Crippen molar-refractivity contribution >= 4 is 11.6 Å². The van der Waals surface area contributed by atoms with Crippen LogP contribution >= 0.6 is 0 Å². The van der Waals surface area contributed by atoms with Gasteiger partial charge in [0.25, 0.3) is 0 Å². The lowest BCUT2D eigenvalue weighted by Gasteiger charge is -2.19. The maximum absolute atomic E-state index is 8.87. The van der Waals surface area contributed by atoms with Gasteiger partial charge in [-0.25, -0.2) is 9.97 Å². The average molecular weight is 266 g/mol. The number of aryl methyl sites for hydroxylation is 1. The topological polar surface area (TPSA) is 61.3 Å². The molecule has 2 N–H and O–H groups in total. The van der Waals surface area contributed by atoms with Crippen LogP contribution in [0, 0.1) is 12.8 Å². The van der Waals surface area contributed by atoms with Gasteiger partial charge in [0, 0.05) is 32.8 Å². The third-order valence-corrected chi connectivity index (χ3v) is 2.89. The van der Waals surface area contributed by atoms with E-state index in [1.807, 2.05) is 24.9 Å². The predicted octanol–water partition coefficient (Wildman–Crippen LogP) is 2.06. The molecule has 1 aromatic rings. The Hall–Kier alpha value is -1.36. The summed E-state index contributed by atoms with van der Waals surface area (Å²) in [5.41, 5.74) is 0. The largest absolute Gasteiger partial charge is 0.396 e. The zero-order valence-electron chi connectivity index (χ0n) is 12.5. The highest BCUT2D eigenvalue weighted by Gasteiger charge is 2.06. The molecule has 0 spiro atoms. The van der Waals surface area contributed by atoms with Gasteiger partial charge in [-0.1, -0.05) is 13.8 Å². The molecule has 0 atom stereocenters. The van der Waals surface area contributed by atoms with Crippen LogP contribution in [0.4, 0.5) is 11.6 Å². The first-order valence-corrected chi connectivity index (χ1v) is 6.94. The molecule has 0 fully saturated rings. The molecule has 0 saturated heterocycles. The highest BCUT2D eigenvalue weighted by molar-refractivity contribution is 5.48. The Kier molecular flexibility index (Phi) is 6.56. The molecule has 0 aliphatic heterocycles. The number of hydrogen-bond acceptors (Lipinski definition) is 5. The van der Waals surface area contributed by atoms with Crippen LogP contribution in [0.1, 0.15) is 32.5 Å². The summed E-state index contributed by atoms with van der Waals surface area (Å²) in [6.07, 6.45) is 1.87. The van der Waals surface area contributed by atoms with Crippen LogP contribution in [0.15, 0.2) is 6.07 Å². The molecular formula is C14H26N4O. The number of anilines is 2. The summed E-state index contributed by atoms with van der Waals surface area (Å²) >= 11 is 0. The van der Waals surface area contributed by atoms with E-state index < -0.39 is 0 Å². The van der Waals surface area contributed by atoms with Crippen molar-refractivity contribution in [3.05, 3.63) is 11.9 Å². The maximum Gasteiger partial charge on any atom is 0.134 e. The van der Waals surface area contributed by atoms with Gasteiger partial charge in [-0.05, 0) is 25.7 Å². The highest BCUT2D eigenvalue weighted by Crippen LogP contribution is 2.15. The number of nitrogens with one attached hydrogen (secondary N) is 1. The second-order valence-corrected chi connectivity index (χ2v) is 5.27. The van der Waals surface area contributed by atoms with Gasteiger partial charge < -0.3 is 15.3 Å². The minimum Gasteiger partial charge on any atom is -0.396 e. The van der Waals surface area contributed by atoms with E-state index in [4.69, 9.17) is 5.11 Å². The van der Waals surface area contributed by atoms with E-state index in [-0.39, 0.29) is 6.61 Å². The molecule has 0 aliphatic rings. The Balaban J connectivity index is 2.65. The molecule has 0 saturated carbocycles. The fraction of sp³-hybridized carbons (Fsp3) is 0.714. The number of nitrogens with zero attached hydrogens (tertiary/aromatic N) is 3. The van der Waals surface area contributed by atoms with E-state index in [0.29, 0.717) is 5.92 Å². The monoisotopic (exact) mass is 266 g/mol. The van der Waals surface area contributed by atoms with Crippen LogP contribution in [0.25, 0.3) is 0 Å². The maximum atomic E-state index is 8.87. The molecule has 0 bridgehead atoms. The summed E-state index contributed by atoms with van der Waals surface area (Å²) in [5.74, 6) is 3.22. The molecule has 108 valence electrons. The van der Waals surface area contributed by atoms with Crippen LogP contribution in [0.5, 0.6) is 0 Å². The molecule has 0 aliphatic carbocycles. The van der Waals surface area contributed by atoms with Gasteiger partial charge in [0.05, 0.1) is 0 Å². The van der Waals surface area contributed by atoms with Crippen molar-refractivity contribution in [3.8, 4) is 0 Å². The molecular weight excluding hydrogens is 240 g/mol. The first kappa shape index (κ1) is 15.7. The van der Waals surface area contributed by atoms with Gasteiger partial charge in [0.15, 0.2) is 0 Å². The zero-order valence-corrected chi connectivity index (χ0v) is 12.5. The normalized spacial score (nSPS) is 10.8. The fourth-order valence-corrected chi connectivity index (χ4v) is 1.75. The van der Waals surface area contributed by atoms with Gasteiger partial charge in [-0.3, -0.25) is 0 Å². The van der Waals surface area contributed by atoms with Crippen LogP contribution in [0.3, 0.4) is 0 Å². The van der Waals surface area contributed by atoms with Crippen molar-refractivity contribution in [2.45, 2.75) is 33.6 Å². The summed E-state index contributed by atoms with van der Waals surface area (Å²) in [4.78, 5) is 10.9. The zero-order chi connectivity index (χ0) is 14.3. The third-order valence-electron chi connectivity index (χ3n) is 2.89. The Morgan fingerprint density at radius 1 is 1.37 bits per heavy atom. The summed E-state index contributed by atoms with van der Waals surface area (Å²) in [6.45, 7) is 8.24. The van der Waals surface area contributed by atoms with Crippen molar-refractivity contribution in [1.82, 2.24) is 9.97 Å². The van der Waals surface area contributed by atoms with Crippen molar-refractivity contribution in [1.29, 1.82) is 0 Å². The first-order chi connectivity index (χ1) is 9.02. The lowest BCUT2D eigenvalue weighted by molar-refractivity contribution is 0.290. The molecule has 1 heterocycles. The Morgan fingerprint density at radius 3 is 2.74 bits per heavy atom. The molecule has 5 heteroatoms. The second kappa shape index (κ2) is 7.94. The van der Waals surface area contributed by atoms with E-state index in [1.165, 1.54) is 0 Å². The SMILES string of the molecule is Cc1nc(NCCC(C)C)cc(N(C)CCCO)n1. The molecule has 1 rings (SSSR count). The third kappa shape index (κ3) is 5.87. The smallest absolute Gasteiger partial charge is 0.134 e. The quantitative estimate of drug-likeness (QED) is 0.754. The van der Waals surface area contributed by atoms with Crippen LogP contribution in [0.2, 0.25) is 0 Å². The lowest BCUT2D eigenvalue weighted by atomic mass is 10.1. The summed E-state index contributed by atoms with van der Waals surface area (Å²) < 4.78 is 0.